The van der Waals surface area contributed by atoms with Gasteiger partial charge in [0.25, 0.3) is 5.69 Å². The van der Waals surface area contributed by atoms with Gasteiger partial charge in [0, 0.05) is 23.4 Å². The summed E-state index contributed by atoms with van der Waals surface area (Å²) < 4.78 is 30.9. The van der Waals surface area contributed by atoms with Crippen LogP contribution in [-0.2, 0) is 0 Å². The van der Waals surface area contributed by atoms with E-state index in [4.69, 9.17) is 4.74 Å². The number of methoxy groups -OCH3 is 1. The van der Waals surface area contributed by atoms with Crippen molar-refractivity contribution in [2.75, 3.05) is 12.5 Å². The van der Waals surface area contributed by atoms with Crippen molar-refractivity contribution in [2.45, 2.75) is 0 Å². The molecular formula is C14H10F2N3O4-. The Morgan fingerprint density at radius 3 is 2.65 bits per heavy atom. The third-order valence-corrected chi connectivity index (χ3v) is 2.80. The number of rotatable bonds is 5. The van der Waals surface area contributed by atoms with E-state index in [1.165, 1.54) is 13.2 Å². The van der Waals surface area contributed by atoms with Crippen LogP contribution in [0.25, 0.3) is 0 Å². The first kappa shape index (κ1) is 16.1. The number of halogens is 2. The van der Waals surface area contributed by atoms with E-state index < -0.39 is 28.0 Å². The molecule has 0 aromatic heterocycles. The van der Waals surface area contributed by atoms with E-state index in [9.17, 15) is 24.0 Å². The molecule has 2 rings (SSSR count). The molecule has 0 saturated heterocycles. The summed E-state index contributed by atoms with van der Waals surface area (Å²) >= 11 is 0. The third kappa shape index (κ3) is 3.70. The average Bonchev–Trinajstić information content (AvgIpc) is 2.50. The number of hydrazone groups is 1. The number of nitrogens with one attached hydrogen (secondary N) is 1. The van der Waals surface area contributed by atoms with Crippen molar-refractivity contribution in [1.82, 2.24) is 0 Å². The fraction of sp³-hybridized carbons (Fsp3) is 0.0714. The maximum Gasteiger partial charge on any atom is 0.266 e. The van der Waals surface area contributed by atoms with Crippen molar-refractivity contribution in [3.8, 4) is 11.5 Å². The summed E-state index contributed by atoms with van der Waals surface area (Å²) in [6, 6.07) is 5.13. The molecule has 0 radical (unpaired) electrons. The van der Waals surface area contributed by atoms with Gasteiger partial charge in [-0.15, -0.1) is 0 Å². The molecule has 2 aromatic rings. The topological polar surface area (TPSA) is 99.8 Å². The van der Waals surface area contributed by atoms with Gasteiger partial charge < -0.3 is 9.84 Å². The molecule has 9 heteroatoms. The number of ether oxygens (including phenoxy) is 1. The molecule has 7 nitrogen and oxygen atoms in total. The number of nitrogens with zero attached hydrogens (tertiary/aromatic N) is 2. The summed E-state index contributed by atoms with van der Waals surface area (Å²) in [6.45, 7) is 0. The Hall–Kier alpha value is -3.23. The van der Waals surface area contributed by atoms with Crippen LogP contribution in [0.5, 0.6) is 11.5 Å². The Morgan fingerprint density at radius 2 is 2.04 bits per heavy atom. The van der Waals surface area contributed by atoms with Crippen LogP contribution in [0.3, 0.4) is 0 Å². The van der Waals surface area contributed by atoms with Gasteiger partial charge in [0.1, 0.15) is 11.6 Å². The molecule has 120 valence electrons. The lowest BCUT2D eigenvalue weighted by molar-refractivity contribution is -0.398. The van der Waals surface area contributed by atoms with Crippen LogP contribution in [0.4, 0.5) is 20.2 Å². The Balaban J connectivity index is 2.25. The number of nitro groups is 1. The lowest BCUT2D eigenvalue weighted by atomic mass is 10.2. The highest BCUT2D eigenvalue weighted by molar-refractivity contribution is 5.83. The normalized spacial score (nSPS) is 10.7. The minimum atomic E-state index is -0.854. The SMILES string of the molecule is COc1cc(/C=N\Nc2ccc(F)cc2F)cc([N+](=O)[O-])c1[O-]. The molecule has 0 atom stereocenters. The highest BCUT2D eigenvalue weighted by Gasteiger charge is 2.12. The average molecular weight is 322 g/mol. The minimum Gasteiger partial charge on any atom is -0.865 e. The summed E-state index contributed by atoms with van der Waals surface area (Å²) in [4.78, 5) is 9.98. The van der Waals surface area contributed by atoms with Gasteiger partial charge in [-0.1, -0.05) is 0 Å². The van der Waals surface area contributed by atoms with Crippen molar-refractivity contribution in [2.24, 2.45) is 5.10 Å². The summed E-state index contributed by atoms with van der Waals surface area (Å²) in [6.07, 6.45) is 1.14. The van der Waals surface area contributed by atoms with E-state index in [0.717, 1.165) is 24.4 Å². The second-order valence-electron chi connectivity index (χ2n) is 4.32. The molecule has 0 fully saturated rings. The largest absolute Gasteiger partial charge is 0.865 e. The summed E-state index contributed by atoms with van der Waals surface area (Å²) in [5.74, 6) is -2.65. The van der Waals surface area contributed by atoms with Gasteiger partial charge in [0.05, 0.1) is 23.9 Å². The Bertz CT molecular complexity index is 781. The zero-order valence-corrected chi connectivity index (χ0v) is 11.7. The molecular weight excluding hydrogens is 312 g/mol. The quantitative estimate of drug-likeness (QED) is 0.517. The monoisotopic (exact) mass is 322 g/mol. The van der Waals surface area contributed by atoms with Crippen molar-refractivity contribution >= 4 is 17.6 Å². The van der Waals surface area contributed by atoms with Crippen molar-refractivity contribution in [1.29, 1.82) is 0 Å². The highest BCUT2D eigenvalue weighted by atomic mass is 19.1. The van der Waals surface area contributed by atoms with Gasteiger partial charge in [-0.2, -0.15) is 5.10 Å². The second kappa shape index (κ2) is 6.69. The molecule has 0 aliphatic carbocycles. The first-order chi connectivity index (χ1) is 10.9. The molecule has 1 N–H and O–H groups in total. The van der Waals surface area contributed by atoms with Crippen LogP contribution < -0.4 is 15.3 Å². The van der Waals surface area contributed by atoms with E-state index >= 15 is 0 Å². The fourth-order valence-electron chi connectivity index (χ4n) is 1.73. The summed E-state index contributed by atoms with van der Waals surface area (Å²) in [7, 11) is 1.20. The predicted octanol–water partition coefficient (Wildman–Crippen LogP) is 2.40. The number of hydrogen-bond donors (Lipinski definition) is 1. The first-order valence-corrected chi connectivity index (χ1v) is 6.20. The van der Waals surface area contributed by atoms with Gasteiger partial charge in [-0.05, 0) is 18.2 Å². The van der Waals surface area contributed by atoms with Crippen molar-refractivity contribution in [3.05, 3.63) is 57.6 Å². The molecule has 2 aromatic carbocycles. The van der Waals surface area contributed by atoms with Crippen LogP contribution in [0.15, 0.2) is 35.4 Å². The van der Waals surface area contributed by atoms with Crippen molar-refractivity contribution in [3.63, 3.8) is 0 Å². The maximum absolute atomic E-state index is 13.4. The Morgan fingerprint density at radius 1 is 1.30 bits per heavy atom. The zero-order valence-electron chi connectivity index (χ0n) is 11.7. The van der Waals surface area contributed by atoms with E-state index in [0.29, 0.717) is 6.07 Å². The number of anilines is 1. The Kier molecular flexibility index (Phi) is 4.69. The zero-order chi connectivity index (χ0) is 17.0. The summed E-state index contributed by atoms with van der Waals surface area (Å²) in [5.41, 5.74) is 1.78. The van der Waals surface area contributed by atoms with E-state index in [1.54, 1.807) is 0 Å². The first-order valence-electron chi connectivity index (χ1n) is 6.20. The minimum absolute atomic E-state index is 0.0791. The van der Waals surface area contributed by atoms with E-state index in [2.05, 4.69) is 10.5 Å². The molecule has 0 unspecified atom stereocenters. The van der Waals surface area contributed by atoms with Crippen molar-refractivity contribution < 1.29 is 23.5 Å². The third-order valence-electron chi connectivity index (χ3n) is 2.80. The van der Waals surface area contributed by atoms with Gasteiger partial charge >= 0.3 is 0 Å². The van der Waals surface area contributed by atoms with Crippen LogP contribution in [0.2, 0.25) is 0 Å². The fourth-order valence-corrected chi connectivity index (χ4v) is 1.73. The van der Waals surface area contributed by atoms with Crippen LogP contribution in [0.1, 0.15) is 5.56 Å². The molecule has 0 bridgehead atoms. The van der Waals surface area contributed by atoms with Crippen LogP contribution in [0, 0.1) is 21.7 Å². The van der Waals surface area contributed by atoms with Gasteiger partial charge in [-0.3, -0.25) is 15.5 Å². The molecule has 0 aliphatic heterocycles. The molecule has 23 heavy (non-hydrogen) atoms. The smallest absolute Gasteiger partial charge is 0.266 e. The van der Waals surface area contributed by atoms with Gasteiger partial charge in [0.15, 0.2) is 5.82 Å². The van der Waals surface area contributed by atoms with E-state index in [1.807, 2.05) is 0 Å². The molecule has 0 amide bonds. The van der Waals surface area contributed by atoms with Crippen LogP contribution >= 0.6 is 0 Å². The standard InChI is InChI=1S/C14H11F2N3O4/c1-23-13-5-8(4-12(14(13)20)19(21)22)7-17-18-11-3-2-9(15)6-10(11)16/h2-7,18,20H,1H3/p-1/b17-7-. The molecule has 0 spiro atoms. The molecule has 0 aliphatic rings. The number of hydrogen-bond acceptors (Lipinski definition) is 6. The number of benzene rings is 2. The Labute approximate surface area is 129 Å². The molecule has 0 heterocycles. The van der Waals surface area contributed by atoms with Gasteiger partial charge in [-0.25, -0.2) is 8.78 Å². The second-order valence-corrected chi connectivity index (χ2v) is 4.32. The molecule has 0 saturated carbocycles. The predicted molar refractivity (Wildman–Crippen MR) is 76.7 cm³/mol. The lowest BCUT2D eigenvalue weighted by Crippen LogP contribution is -2.02. The highest BCUT2D eigenvalue weighted by Crippen LogP contribution is 2.33. The van der Waals surface area contributed by atoms with Crippen LogP contribution in [-0.4, -0.2) is 18.2 Å². The number of nitro benzene ring substituents is 1. The lowest BCUT2D eigenvalue weighted by Gasteiger charge is -2.13. The van der Waals surface area contributed by atoms with Gasteiger partial charge in [0.2, 0.25) is 0 Å². The van der Waals surface area contributed by atoms with E-state index in [-0.39, 0.29) is 17.0 Å². The maximum atomic E-state index is 13.4. The summed E-state index contributed by atoms with van der Waals surface area (Å²) in [5, 5.41) is 26.2.